The van der Waals surface area contributed by atoms with Gasteiger partial charge in [0.2, 0.25) is 0 Å². The fourth-order valence-electron chi connectivity index (χ4n) is 6.11. The van der Waals surface area contributed by atoms with E-state index in [2.05, 4.69) is 0 Å². The van der Waals surface area contributed by atoms with Crippen molar-refractivity contribution in [3.63, 3.8) is 0 Å². The van der Waals surface area contributed by atoms with Gasteiger partial charge in [-0.05, 0) is 75.7 Å². The second kappa shape index (κ2) is 14.3. The Hall–Kier alpha value is -4.10. The Balaban J connectivity index is 0.00000500. The molecule has 248 valence electrons. The van der Waals surface area contributed by atoms with Gasteiger partial charge >= 0.3 is 17.1 Å². The number of allylic oxidation sites excluding steroid dienone is 3. The Bertz CT molecular complexity index is 1970. The van der Waals surface area contributed by atoms with Gasteiger partial charge in [0.15, 0.2) is 0 Å². The summed E-state index contributed by atoms with van der Waals surface area (Å²) in [7, 11) is 0. The number of aliphatic hydroxyl groups is 4. The summed E-state index contributed by atoms with van der Waals surface area (Å²) >= 11 is 0. The number of fused-ring (bicyclic) bond motifs is 8. The molecule has 0 spiro atoms. The van der Waals surface area contributed by atoms with E-state index in [-0.39, 0.29) is 42.8 Å². The molecule has 8 bridgehead atoms. The van der Waals surface area contributed by atoms with Crippen LogP contribution < -0.4 is 20.2 Å². The van der Waals surface area contributed by atoms with Crippen LogP contribution in [0.1, 0.15) is 84.2 Å². The minimum Gasteiger partial charge on any atom is -0.657 e. The molecule has 3 aromatic heterocycles. The van der Waals surface area contributed by atoms with E-state index in [9.17, 15) is 40.2 Å². The molecule has 12 nitrogen and oxygen atoms in total. The van der Waals surface area contributed by atoms with Crippen molar-refractivity contribution in [2.45, 2.75) is 65.6 Å². The molecule has 2 aliphatic heterocycles. The molecule has 0 saturated carbocycles. The number of carboxylic acid groups (broad SMARTS) is 2. The fourth-order valence-corrected chi connectivity index (χ4v) is 6.11. The summed E-state index contributed by atoms with van der Waals surface area (Å²) in [5, 5.41) is 64.2. The summed E-state index contributed by atoms with van der Waals surface area (Å²) in [6, 6.07) is 6.71. The van der Waals surface area contributed by atoms with Crippen molar-refractivity contribution in [2.24, 2.45) is 0 Å². The first-order chi connectivity index (χ1) is 21.8. The van der Waals surface area contributed by atoms with Crippen molar-refractivity contribution in [1.29, 1.82) is 0 Å². The van der Waals surface area contributed by atoms with Crippen molar-refractivity contribution >= 4 is 56.3 Å². The van der Waals surface area contributed by atoms with Crippen LogP contribution in [0.2, 0.25) is 0 Å². The number of aliphatic hydroxyl groups excluding tert-OH is 4. The van der Waals surface area contributed by atoms with Gasteiger partial charge in [-0.25, -0.2) is 9.97 Å². The average Bonchev–Trinajstić information content (AvgIpc) is 3.67. The molecular weight excluding hydrogens is 648 g/mol. The minimum atomic E-state index is -1.27. The summed E-state index contributed by atoms with van der Waals surface area (Å²) in [5.74, 6) is -2.45. The number of aromatic nitrogens is 4. The zero-order valence-electron chi connectivity index (χ0n) is 26.3. The van der Waals surface area contributed by atoms with Crippen molar-refractivity contribution in [2.75, 3.05) is 13.2 Å². The maximum absolute atomic E-state index is 11.4. The quantitative estimate of drug-likeness (QED) is 0.217. The van der Waals surface area contributed by atoms with E-state index in [1.807, 2.05) is 6.92 Å². The third kappa shape index (κ3) is 6.96. The number of carboxylic acids is 2. The number of nitrogens with zero attached hydrogens (tertiary/aromatic N) is 4. The van der Waals surface area contributed by atoms with Gasteiger partial charge in [-0.15, -0.1) is 22.1 Å². The van der Waals surface area contributed by atoms with Gasteiger partial charge < -0.3 is 50.2 Å². The molecule has 0 radical (unpaired) electrons. The van der Waals surface area contributed by atoms with Crippen LogP contribution in [0.25, 0.3) is 44.4 Å². The van der Waals surface area contributed by atoms with Crippen molar-refractivity contribution in [1.82, 2.24) is 19.9 Å². The Morgan fingerprint density at radius 1 is 0.702 bits per heavy atom. The molecule has 4 N–H and O–H groups in total. The number of aliphatic carboxylic acids is 2. The molecule has 47 heavy (non-hydrogen) atoms. The molecule has 0 amide bonds. The van der Waals surface area contributed by atoms with Gasteiger partial charge in [-0.3, -0.25) is 0 Å². The van der Waals surface area contributed by atoms with E-state index in [1.165, 1.54) is 0 Å². The summed E-state index contributed by atoms with van der Waals surface area (Å²) in [6.45, 7) is 5.98. The van der Waals surface area contributed by atoms with E-state index in [0.29, 0.717) is 89.4 Å². The van der Waals surface area contributed by atoms with Gasteiger partial charge in [0.1, 0.15) is 12.2 Å². The van der Waals surface area contributed by atoms with Crippen molar-refractivity contribution < 1.29 is 57.3 Å². The molecule has 13 heteroatoms. The molecule has 5 rings (SSSR count). The number of aryl methyl sites for hydroxylation is 3. The maximum Gasteiger partial charge on any atom is 2.00 e. The predicted octanol–water partition coefficient (Wildman–Crippen LogP) is 0.640. The van der Waals surface area contributed by atoms with Crippen molar-refractivity contribution in [3.05, 3.63) is 69.3 Å². The van der Waals surface area contributed by atoms with E-state index >= 15 is 0 Å². The zero-order chi connectivity index (χ0) is 33.4. The molecule has 2 unspecified atom stereocenters. The number of hydrogen-bond acceptors (Lipinski definition) is 10. The molecule has 0 aromatic carbocycles. The third-order valence-corrected chi connectivity index (χ3v) is 8.65. The summed E-state index contributed by atoms with van der Waals surface area (Å²) < 4.78 is 0. The van der Waals surface area contributed by atoms with Crippen LogP contribution in [0.3, 0.4) is 0 Å². The van der Waals surface area contributed by atoms with Crippen LogP contribution >= 0.6 is 0 Å². The Kier molecular flexibility index (Phi) is 10.9. The topological polar surface area (TPSA) is 215 Å². The van der Waals surface area contributed by atoms with Crippen LogP contribution in [0.15, 0.2) is 24.3 Å². The fraction of sp³-hybridized carbons (Fsp3) is 0.353. The van der Waals surface area contributed by atoms with Gasteiger partial charge in [0.05, 0.1) is 36.0 Å². The van der Waals surface area contributed by atoms with Crippen LogP contribution in [0.4, 0.5) is 0 Å². The first-order valence-corrected chi connectivity index (χ1v) is 14.9. The predicted molar refractivity (Wildman–Crippen MR) is 166 cm³/mol. The molecule has 5 heterocycles. The summed E-state index contributed by atoms with van der Waals surface area (Å²) in [4.78, 5) is 42.0. The largest absolute Gasteiger partial charge is 2.00 e. The molecule has 2 aliphatic rings. The smallest absolute Gasteiger partial charge is 0.657 e. The molecule has 0 aliphatic carbocycles. The van der Waals surface area contributed by atoms with Crippen LogP contribution in [0, 0.1) is 13.8 Å². The molecular formula is C34H34FeN4O8-2. The van der Waals surface area contributed by atoms with Gasteiger partial charge in [-0.2, -0.15) is 0 Å². The Labute approximate surface area is 281 Å². The maximum atomic E-state index is 11.4. The van der Waals surface area contributed by atoms with Crippen LogP contribution in [-0.4, -0.2) is 61.7 Å². The number of hydrogen-bond donors (Lipinski definition) is 4. The second-order valence-corrected chi connectivity index (χ2v) is 11.5. The van der Waals surface area contributed by atoms with E-state index in [1.54, 1.807) is 45.0 Å². The summed E-state index contributed by atoms with van der Waals surface area (Å²) in [5.41, 5.74) is 7.97. The van der Waals surface area contributed by atoms with Crippen LogP contribution in [0.5, 0.6) is 0 Å². The normalized spacial score (nSPS) is 14.3. The van der Waals surface area contributed by atoms with Gasteiger partial charge in [0, 0.05) is 17.5 Å². The first-order valence-electron chi connectivity index (χ1n) is 14.9. The van der Waals surface area contributed by atoms with Crippen LogP contribution in [-0.2, 0) is 33.1 Å². The molecule has 3 aromatic rings. The first kappa shape index (κ1) is 35.7. The van der Waals surface area contributed by atoms with Crippen molar-refractivity contribution in [3.8, 4) is 0 Å². The van der Waals surface area contributed by atoms with Gasteiger partial charge in [-0.1, -0.05) is 41.0 Å². The molecule has 0 fully saturated rings. The van der Waals surface area contributed by atoms with E-state index in [4.69, 9.17) is 19.9 Å². The zero-order valence-corrected chi connectivity index (χ0v) is 27.4. The van der Waals surface area contributed by atoms with E-state index in [0.717, 1.165) is 0 Å². The summed E-state index contributed by atoms with van der Waals surface area (Å²) in [6.07, 6.45) is -2.81. The standard InChI is InChI=1S/C34H38N4O8.Fe/c1-15-19(5-7-31(43)44)25-12-26-20(6-8-32(45)46)16(2)22(36-26)10-27-34(30(42)14-40)18(4)24(38-27)11-28-33(29(41)13-39)17(3)23(37-28)9-21(15)35-25;/h9-12,29-30,39-42H,5-8,13-14H2,1-4H3,(H4,35,36,37,38,43,44,45,46);/q;+2/p-4. The third-order valence-electron chi connectivity index (χ3n) is 8.65. The Morgan fingerprint density at radius 2 is 1.21 bits per heavy atom. The average molecular weight is 683 g/mol. The van der Waals surface area contributed by atoms with Gasteiger partial charge in [0.25, 0.3) is 0 Å². The molecule has 2 atom stereocenters. The minimum absolute atomic E-state index is 0. The Morgan fingerprint density at radius 3 is 1.85 bits per heavy atom. The number of carbonyl (C=O) groups is 2. The second-order valence-electron chi connectivity index (χ2n) is 11.5. The van der Waals surface area contributed by atoms with E-state index < -0.39 is 37.4 Å². The number of carbonyl (C=O) groups excluding carboxylic acids is 2. The SMILES string of the molecule is CC1=C(CCC(=O)[O-])c2cc3[n-]c(cc4nc(cc5[n-]c(cc1n2)c(C(O)CO)c5C)C(C(O)CO)=C4C)c(C)c3CCC(=O)[O-].[Fe+2]. The molecule has 0 saturated heterocycles. The number of rotatable bonds is 10. The monoisotopic (exact) mass is 682 g/mol.